The van der Waals surface area contributed by atoms with Crippen molar-refractivity contribution < 1.29 is 15.0 Å². The third-order valence-corrected chi connectivity index (χ3v) is 8.64. The van der Waals surface area contributed by atoms with Crippen LogP contribution in [-0.4, -0.2) is 64.3 Å². The molecule has 200 valence electrons. The number of carboxylic acid groups (broad SMARTS) is 1. The van der Waals surface area contributed by atoms with Gasteiger partial charge in [0.1, 0.15) is 6.04 Å². The number of benzene rings is 3. The van der Waals surface area contributed by atoms with Crippen molar-refractivity contribution in [3.63, 3.8) is 0 Å². The van der Waals surface area contributed by atoms with Crippen LogP contribution in [0.2, 0.25) is 0 Å². The molecule has 5 heteroatoms. The third-order valence-electron chi connectivity index (χ3n) is 8.64. The van der Waals surface area contributed by atoms with E-state index in [4.69, 9.17) is 0 Å². The molecule has 0 saturated carbocycles. The van der Waals surface area contributed by atoms with Gasteiger partial charge in [-0.05, 0) is 54.7 Å². The van der Waals surface area contributed by atoms with Crippen molar-refractivity contribution >= 4 is 5.97 Å². The summed E-state index contributed by atoms with van der Waals surface area (Å²) in [5, 5.41) is 21.4. The van der Waals surface area contributed by atoms with Gasteiger partial charge in [-0.25, -0.2) is 0 Å². The van der Waals surface area contributed by atoms with Crippen molar-refractivity contribution in [2.75, 3.05) is 32.7 Å². The first kappa shape index (κ1) is 26.6. The van der Waals surface area contributed by atoms with Crippen LogP contribution < -0.4 is 0 Å². The maximum atomic E-state index is 12.4. The molecular formula is C33H40N2O3. The highest BCUT2D eigenvalue weighted by molar-refractivity contribution is 5.75. The predicted molar refractivity (Wildman–Crippen MR) is 151 cm³/mol. The molecule has 2 aliphatic rings. The first-order chi connectivity index (χ1) is 18.5. The van der Waals surface area contributed by atoms with Crippen molar-refractivity contribution in [1.29, 1.82) is 0 Å². The number of nitrogens with zero attached hydrogens (tertiary/aromatic N) is 2. The van der Waals surface area contributed by atoms with Gasteiger partial charge in [-0.1, -0.05) is 91.0 Å². The van der Waals surface area contributed by atoms with Gasteiger partial charge < -0.3 is 15.1 Å². The summed E-state index contributed by atoms with van der Waals surface area (Å²) in [4.78, 5) is 17.0. The molecule has 38 heavy (non-hydrogen) atoms. The van der Waals surface area contributed by atoms with Crippen LogP contribution in [0.4, 0.5) is 0 Å². The summed E-state index contributed by atoms with van der Waals surface area (Å²) >= 11 is 0. The maximum Gasteiger partial charge on any atom is 0.325 e. The van der Waals surface area contributed by atoms with E-state index in [-0.39, 0.29) is 5.92 Å². The van der Waals surface area contributed by atoms with E-state index in [9.17, 15) is 15.0 Å². The molecule has 0 amide bonds. The molecule has 3 aromatic rings. The van der Waals surface area contributed by atoms with Crippen molar-refractivity contribution in [2.24, 2.45) is 5.92 Å². The number of hydrogen-bond donors (Lipinski definition) is 2. The molecule has 2 saturated heterocycles. The van der Waals surface area contributed by atoms with Crippen molar-refractivity contribution in [3.05, 3.63) is 108 Å². The summed E-state index contributed by atoms with van der Waals surface area (Å²) in [6.07, 6.45) is 4.46. The second-order valence-electron chi connectivity index (χ2n) is 11.2. The number of carboxylic acids is 1. The Morgan fingerprint density at radius 2 is 1.47 bits per heavy atom. The van der Waals surface area contributed by atoms with E-state index in [2.05, 4.69) is 58.3 Å². The van der Waals surface area contributed by atoms with Gasteiger partial charge >= 0.3 is 5.97 Å². The monoisotopic (exact) mass is 512 g/mol. The molecule has 5 rings (SSSR count). The minimum Gasteiger partial charge on any atom is -0.480 e. The predicted octanol–water partition coefficient (Wildman–Crippen LogP) is 5.38. The van der Waals surface area contributed by atoms with Gasteiger partial charge in [0.15, 0.2) is 0 Å². The molecule has 0 spiro atoms. The van der Waals surface area contributed by atoms with Gasteiger partial charge in [0.25, 0.3) is 0 Å². The summed E-state index contributed by atoms with van der Waals surface area (Å²) < 4.78 is 0. The molecule has 0 aromatic heterocycles. The molecule has 2 aliphatic heterocycles. The summed E-state index contributed by atoms with van der Waals surface area (Å²) in [6, 6.07) is 30.1. The number of aliphatic hydroxyl groups is 1. The Balaban J connectivity index is 1.22. The number of aliphatic carboxylic acids is 1. The molecule has 3 atom stereocenters. The zero-order valence-corrected chi connectivity index (χ0v) is 22.2. The van der Waals surface area contributed by atoms with E-state index < -0.39 is 17.6 Å². The van der Waals surface area contributed by atoms with Crippen LogP contribution in [-0.2, 0) is 11.2 Å². The second kappa shape index (κ2) is 12.2. The first-order valence-corrected chi connectivity index (χ1v) is 14.1. The van der Waals surface area contributed by atoms with Gasteiger partial charge in [-0.15, -0.1) is 0 Å². The highest BCUT2D eigenvalue weighted by Gasteiger charge is 2.41. The van der Waals surface area contributed by atoms with Crippen LogP contribution in [0.3, 0.4) is 0 Å². The molecule has 3 aromatic carbocycles. The van der Waals surface area contributed by atoms with E-state index in [0.29, 0.717) is 5.92 Å². The van der Waals surface area contributed by atoms with E-state index in [1.807, 2.05) is 42.5 Å². The second-order valence-corrected chi connectivity index (χ2v) is 11.2. The largest absolute Gasteiger partial charge is 0.480 e. The molecule has 2 N–H and O–H groups in total. The molecule has 5 nitrogen and oxygen atoms in total. The van der Waals surface area contributed by atoms with E-state index in [1.165, 1.54) is 11.1 Å². The van der Waals surface area contributed by atoms with E-state index >= 15 is 0 Å². The van der Waals surface area contributed by atoms with Crippen LogP contribution in [0.1, 0.15) is 54.3 Å². The highest BCUT2D eigenvalue weighted by atomic mass is 16.4. The fourth-order valence-corrected chi connectivity index (χ4v) is 6.52. The maximum absolute atomic E-state index is 12.4. The van der Waals surface area contributed by atoms with Crippen molar-refractivity contribution in [3.8, 4) is 0 Å². The van der Waals surface area contributed by atoms with Crippen LogP contribution in [0, 0.1) is 5.92 Å². The Bertz CT molecular complexity index is 1150. The Kier molecular flexibility index (Phi) is 8.58. The lowest BCUT2D eigenvalue weighted by atomic mass is 9.84. The van der Waals surface area contributed by atoms with Crippen molar-refractivity contribution in [1.82, 2.24) is 9.80 Å². The summed E-state index contributed by atoms with van der Waals surface area (Å²) in [5.41, 5.74) is 2.88. The van der Waals surface area contributed by atoms with Gasteiger partial charge in [0.2, 0.25) is 0 Å². The van der Waals surface area contributed by atoms with Gasteiger partial charge in [-0.3, -0.25) is 9.69 Å². The number of aryl methyl sites for hydroxylation is 1. The van der Waals surface area contributed by atoms with Crippen molar-refractivity contribution in [2.45, 2.75) is 49.7 Å². The van der Waals surface area contributed by atoms with Crippen LogP contribution in [0.5, 0.6) is 0 Å². The fourth-order valence-electron chi connectivity index (χ4n) is 6.52. The topological polar surface area (TPSA) is 64.0 Å². The van der Waals surface area contributed by atoms with Crippen LogP contribution in [0.25, 0.3) is 0 Å². The summed E-state index contributed by atoms with van der Waals surface area (Å²) in [7, 11) is 0. The lowest BCUT2D eigenvalue weighted by molar-refractivity contribution is -0.143. The quantitative estimate of drug-likeness (QED) is 0.382. The third kappa shape index (κ3) is 6.52. The van der Waals surface area contributed by atoms with Crippen LogP contribution in [0.15, 0.2) is 91.0 Å². The number of carbonyl (C=O) groups is 1. The number of piperidine rings is 1. The Morgan fingerprint density at radius 3 is 2.11 bits per heavy atom. The fraction of sp³-hybridized carbons (Fsp3) is 0.424. The Labute approximate surface area is 226 Å². The first-order valence-electron chi connectivity index (χ1n) is 14.1. The summed E-state index contributed by atoms with van der Waals surface area (Å²) in [6.45, 7) is 4.19. The minimum absolute atomic E-state index is 0.286. The van der Waals surface area contributed by atoms with Gasteiger partial charge in [-0.2, -0.15) is 0 Å². The standard InChI is InChI=1S/C33H40N2O3/c36-32(37)31(28-16-8-3-9-17-28)35-24-29(30(25-35)27-14-6-2-7-15-27)23-34-21-19-33(38,20-22-34)18-10-13-26-11-4-1-5-12-26/h1-9,11-12,14-17,29-31,38H,10,13,18-25H2,(H,36,37)/t29-,30+,31-/m0/s1. The molecule has 2 fully saturated rings. The van der Waals surface area contributed by atoms with Gasteiger partial charge in [0.05, 0.1) is 5.60 Å². The Morgan fingerprint density at radius 1 is 0.868 bits per heavy atom. The SMILES string of the molecule is O=C(O)[C@H](c1ccccc1)N1C[C@H](CN2CCC(O)(CCCc3ccccc3)CC2)[C@@H](c2ccccc2)C1. The molecule has 0 radical (unpaired) electrons. The minimum atomic E-state index is -0.790. The number of likely N-dealkylation sites (tertiary alicyclic amines) is 2. The lowest BCUT2D eigenvalue weighted by Gasteiger charge is -2.40. The van der Waals surface area contributed by atoms with E-state index in [0.717, 1.165) is 70.4 Å². The zero-order chi connectivity index (χ0) is 26.4. The summed E-state index contributed by atoms with van der Waals surface area (Å²) in [5.74, 6) is -0.164. The molecule has 0 bridgehead atoms. The average molecular weight is 513 g/mol. The van der Waals surface area contributed by atoms with Gasteiger partial charge in [0, 0.05) is 38.6 Å². The zero-order valence-electron chi connectivity index (χ0n) is 22.2. The number of hydrogen-bond acceptors (Lipinski definition) is 4. The highest BCUT2D eigenvalue weighted by Crippen LogP contribution is 2.39. The molecule has 0 aliphatic carbocycles. The molecule has 2 heterocycles. The smallest absolute Gasteiger partial charge is 0.325 e. The number of rotatable bonds is 10. The normalized spacial score (nSPS) is 22.8. The Hall–Kier alpha value is -2.99. The lowest BCUT2D eigenvalue weighted by Crippen LogP contribution is -2.46. The van der Waals surface area contributed by atoms with E-state index in [1.54, 1.807) is 0 Å². The molecular weight excluding hydrogens is 472 g/mol. The average Bonchev–Trinajstić information content (AvgIpc) is 3.34. The van der Waals surface area contributed by atoms with Crippen LogP contribution >= 0.6 is 0 Å². The molecule has 0 unspecified atom stereocenters.